The Hall–Kier alpha value is -3.92. The molecule has 0 heterocycles. The number of hydrogen-bond donors (Lipinski definition) is 1. The lowest BCUT2D eigenvalue weighted by Gasteiger charge is -2.31. The number of nitrogens with zero attached hydrogens (tertiary/aromatic N) is 1. The number of rotatable bonds is 13. The number of carbonyl (C=O) groups is 1. The highest BCUT2D eigenvalue weighted by atomic mass is 19.4. The van der Waals surface area contributed by atoms with E-state index >= 15 is 0 Å². The van der Waals surface area contributed by atoms with Crippen LogP contribution in [0.3, 0.4) is 0 Å². The molecule has 47 heavy (non-hydrogen) atoms. The Morgan fingerprint density at radius 2 is 1.85 bits per heavy atom. The van der Waals surface area contributed by atoms with Crippen molar-refractivity contribution < 1.29 is 27.4 Å². The van der Waals surface area contributed by atoms with Crippen LogP contribution in [0.15, 0.2) is 102 Å². The third kappa shape index (κ3) is 18.1. The number of likely N-dealkylation sites (N-methyl/N-ethyl adjacent to an activating group) is 1. The van der Waals surface area contributed by atoms with Gasteiger partial charge < -0.3 is 20.1 Å². The topological polar surface area (TPSA) is 64.8 Å². The predicted molar refractivity (Wildman–Crippen MR) is 191 cm³/mol. The van der Waals surface area contributed by atoms with E-state index in [9.17, 15) is 18.0 Å². The molecule has 0 aromatic carbocycles. The number of halogens is 3. The molecule has 8 heteroatoms. The standard InChI is InChI=1S/C28H42N2O3.C9H13F3.C2H2/c1-9-11-12-16-25-18-26(17-14-13-15-21(25)5)23(7)30(10-2)28(31)33-22(6)19-32-24(8)27(29)20(3)4;1-4-7(3)6-8(5-2)9(10,11)12;1-2/h9,11,13-16,18,20,22-23,25,27H,1,8,10,17,19,29H2,2-7H3;5-6H,4H2,1-3H3;1-2H/b14-13?,21-15-,26-18?;7-6+,8-5+;. The molecule has 0 aromatic rings. The lowest BCUT2D eigenvalue weighted by molar-refractivity contribution is -0.0884. The number of hydrogen-bond acceptors (Lipinski definition) is 4. The molecule has 0 saturated heterocycles. The molecule has 0 fully saturated rings. The fourth-order valence-electron chi connectivity index (χ4n) is 4.11. The van der Waals surface area contributed by atoms with E-state index in [1.54, 1.807) is 24.0 Å². The number of ether oxygens (including phenoxy) is 2. The van der Waals surface area contributed by atoms with Gasteiger partial charge in [-0.2, -0.15) is 13.2 Å². The van der Waals surface area contributed by atoms with Crippen molar-refractivity contribution in [2.75, 3.05) is 13.2 Å². The molecule has 0 aromatic heterocycles. The summed E-state index contributed by atoms with van der Waals surface area (Å²) in [5.74, 6) is 0.831. The molecule has 1 rings (SSSR count). The van der Waals surface area contributed by atoms with Crippen LogP contribution in [-0.4, -0.2) is 48.5 Å². The van der Waals surface area contributed by atoms with Gasteiger partial charge >= 0.3 is 12.3 Å². The van der Waals surface area contributed by atoms with Gasteiger partial charge in [-0.15, -0.1) is 18.6 Å². The summed E-state index contributed by atoms with van der Waals surface area (Å²) in [5.41, 5.74) is 11.7. The van der Waals surface area contributed by atoms with E-state index in [0.29, 0.717) is 18.7 Å². The van der Waals surface area contributed by atoms with Crippen molar-refractivity contribution in [3.05, 3.63) is 102 Å². The van der Waals surface area contributed by atoms with Crippen LogP contribution in [0.1, 0.15) is 75.2 Å². The maximum atomic E-state index is 13.0. The Kier molecular flexibility index (Phi) is 23.4. The molecule has 0 radical (unpaired) electrons. The highest BCUT2D eigenvalue weighted by molar-refractivity contribution is 5.68. The van der Waals surface area contributed by atoms with Gasteiger partial charge in [-0.25, -0.2) is 4.79 Å². The van der Waals surface area contributed by atoms with Gasteiger partial charge in [0.1, 0.15) is 18.5 Å². The van der Waals surface area contributed by atoms with Crippen molar-refractivity contribution in [3.63, 3.8) is 0 Å². The van der Waals surface area contributed by atoms with Gasteiger partial charge in [0.15, 0.2) is 0 Å². The Labute approximate surface area is 282 Å². The summed E-state index contributed by atoms with van der Waals surface area (Å²) in [5, 5.41) is 0. The smallest absolute Gasteiger partial charge is 0.416 e. The van der Waals surface area contributed by atoms with Crippen molar-refractivity contribution in [2.45, 2.75) is 99.5 Å². The number of carbonyl (C=O) groups excluding carboxylic acids is 1. The van der Waals surface area contributed by atoms with Crippen LogP contribution in [0.5, 0.6) is 0 Å². The van der Waals surface area contributed by atoms with Crippen LogP contribution >= 0.6 is 0 Å². The quantitative estimate of drug-likeness (QED) is 0.0703. The third-order valence-electron chi connectivity index (χ3n) is 7.33. The zero-order valence-electron chi connectivity index (χ0n) is 29.9. The van der Waals surface area contributed by atoms with Gasteiger partial charge in [0, 0.05) is 12.5 Å². The second kappa shape index (κ2) is 24.3. The van der Waals surface area contributed by atoms with Gasteiger partial charge in [-0.3, -0.25) is 0 Å². The monoisotopic (exact) mass is 658 g/mol. The van der Waals surface area contributed by atoms with Crippen LogP contribution in [0.4, 0.5) is 18.0 Å². The fraction of sp³-hybridized carbons (Fsp3) is 0.487. The molecule has 0 bridgehead atoms. The van der Waals surface area contributed by atoms with Gasteiger partial charge in [0.25, 0.3) is 0 Å². The van der Waals surface area contributed by atoms with Gasteiger partial charge in [0.2, 0.25) is 0 Å². The minimum atomic E-state index is -4.22. The summed E-state index contributed by atoms with van der Waals surface area (Å²) in [6.07, 6.45) is 20.7. The predicted octanol–water partition coefficient (Wildman–Crippen LogP) is 10.2. The van der Waals surface area contributed by atoms with E-state index in [0.717, 1.165) is 23.6 Å². The molecule has 4 unspecified atom stereocenters. The van der Waals surface area contributed by atoms with E-state index in [4.69, 9.17) is 15.2 Å². The van der Waals surface area contributed by atoms with E-state index in [-0.39, 0.29) is 36.6 Å². The minimum Gasteiger partial charge on any atom is -0.493 e. The summed E-state index contributed by atoms with van der Waals surface area (Å²) < 4.78 is 47.6. The first-order valence-corrected chi connectivity index (χ1v) is 15.9. The minimum absolute atomic E-state index is 0.0989. The second-order valence-electron chi connectivity index (χ2n) is 11.3. The molecule has 2 N–H and O–H groups in total. The van der Waals surface area contributed by atoms with E-state index in [1.807, 2.05) is 47.6 Å². The highest BCUT2D eigenvalue weighted by Gasteiger charge is 2.31. The van der Waals surface area contributed by atoms with Crippen LogP contribution in [0.25, 0.3) is 0 Å². The molecule has 4 atom stereocenters. The summed E-state index contributed by atoms with van der Waals surface area (Å²) in [4.78, 5) is 14.7. The Bertz CT molecular complexity index is 1230. The lowest BCUT2D eigenvalue weighted by atomic mass is 9.91. The van der Waals surface area contributed by atoms with Gasteiger partial charge in [-0.1, -0.05) is 87.6 Å². The molecule has 0 spiro atoms. The fourth-order valence-corrected chi connectivity index (χ4v) is 4.11. The Balaban J connectivity index is 0. The summed E-state index contributed by atoms with van der Waals surface area (Å²) in [6, 6.07) is -0.366. The van der Waals surface area contributed by atoms with Gasteiger partial charge in [0.05, 0.1) is 17.7 Å². The first-order chi connectivity index (χ1) is 22.0. The molecular weight excluding hydrogens is 601 g/mol. The molecular formula is C39H57F3N2O3. The van der Waals surface area contributed by atoms with E-state index < -0.39 is 17.9 Å². The average molecular weight is 659 g/mol. The molecule has 1 amide bonds. The number of alkyl halides is 3. The third-order valence-corrected chi connectivity index (χ3v) is 7.33. The van der Waals surface area contributed by atoms with Crippen LogP contribution in [0.2, 0.25) is 0 Å². The van der Waals surface area contributed by atoms with Crippen LogP contribution in [0, 0.1) is 24.7 Å². The number of nitrogens with two attached hydrogens (primary N) is 1. The highest BCUT2D eigenvalue weighted by Crippen LogP contribution is 2.28. The maximum Gasteiger partial charge on any atom is 0.416 e. The lowest BCUT2D eigenvalue weighted by Crippen LogP contribution is -2.42. The molecule has 262 valence electrons. The molecule has 0 aliphatic heterocycles. The zero-order valence-corrected chi connectivity index (χ0v) is 29.9. The normalized spacial score (nSPS) is 17.9. The van der Waals surface area contributed by atoms with Crippen molar-refractivity contribution in [1.82, 2.24) is 4.90 Å². The molecule has 5 nitrogen and oxygen atoms in total. The molecule has 1 aliphatic carbocycles. The van der Waals surface area contributed by atoms with Crippen molar-refractivity contribution in [1.29, 1.82) is 0 Å². The maximum absolute atomic E-state index is 13.0. The van der Waals surface area contributed by atoms with E-state index in [2.05, 4.69) is 63.0 Å². The number of terminal acetylenes is 1. The number of allylic oxidation sites excluding steroid dienone is 11. The SMILES string of the molecule is C#C.C/C=C(\C=C(/C)CC)C(F)(F)F.C=CC=C=CC1C=C(C(C)N(CC)C(=O)OC(C)COC(=C)C(N)C(C)C)CC=C/C=C\1C. The zero-order chi connectivity index (χ0) is 36.7. The van der Waals surface area contributed by atoms with Crippen LogP contribution < -0.4 is 5.73 Å². The molecule has 1 aliphatic rings. The van der Waals surface area contributed by atoms with Crippen LogP contribution in [-0.2, 0) is 9.47 Å². The van der Waals surface area contributed by atoms with Crippen molar-refractivity contribution in [3.8, 4) is 12.8 Å². The average Bonchev–Trinajstić information content (AvgIpc) is 3.02. The Morgan fingerprint density at radius 1 is 1.23 bits per heavy atom. The summed E-state index contributed by atoms with van der Waals surface area (Å²) >= 11 is 0. The van der Waals surface area contributed by atoms with Crippen molar-refractivity contribution in [2.24, 2.45) is 17.6 Å². The number of amides is 1. The summed E-state index contributed by atoms with van der Waals surface area (Å²) in [6.45, 7) is 25.2. The van der Waals surface area contributed by atoms with Gasteiger partial charge in [-0.05, 0) is 78.0 Å². The van der Waals surface area contributed by atoms with Crippen molar-refractivity contribution >= 4 is 6.09 Å². The second-order valence-corrected chi connectivity index (χ2v) is 11.3. The Morgan fingerprint density at radius 3 is 2.34 bits per heavy atom. The summed E-state index contributed by atoms with van der Waals surface area (Å²) in [7, 11) is 0. The largest absolute Gasteiger partial charge is 0.493 e. The molecule has 0 saturated carbocycles. The van der Waals surface area contributed by atoms with E-state index in [1.165, 1.54) is 18.6 Å². The first-order valence-electron chi connectivity index (χ1n) is 15.9. The first kappa shape index (κ1) is 45.2.